The van der Waals surface area contributed by atoms with Crippen LogP contribution in [-0.4, -0.2) is 38.8 Å². The Morgan fingerprint density at radius 1 is 1.25 bits per heavy atom. The van der Waals surface area contributed by atoms with Crippen molar-refractivity contribution in [3.63, 3.8) is 0 Å². The molecule has 0 saturated carbocycles. The Hall–Kier alpha value is -0.910. The lowest BCUT2D eigenvalue weighted by Gasteiger charge is -1.90. The van der Waals surface area contributed by atoms with Gasteiger partial charge in [0.2, 0.25) is 0 Å². The lowest BCUT2D eigenvalue weighted by molar-refractivity contribution is 0.173. The third kappa shape index (κ3) is 11.8. The summed E-state index contributed by atoms with van der Waals surface area (Å²) in [7, 11) is 4.43. The molecule has 5 nitrogen and oxygen atoms in total. The van der Waals surface area contributed by atoms with Gasteiger partial charge in [-0.15, -0.1) is 0 Å². The molecule has 2 N–H and O–H groups in total. The van der Waals surface area contributed by atoms with Gasteiger partial charge in [0.1, 0.15) is 0 Å². The van der Waals surface area contributed by atoms with Crippen LogP contribution in [0.5, 0.6) is 0 Å². The first-order chi connectivity index (χ1) is 5.62. The number of hydrogen-bond acceptors (Lipinski definition) is 4. The Morgan fingerprint density at radius 2 is 1.75 bits per heavy atom. The molecule has 0 atom stereocenters. The number of carbonyl (C=O) groups is 2. The molecule has 0 spiro atoms. The number of nitrogens with one attached hydrogen (secondary N) is 2. The standard InChI is InChI=1S/C3H7NO2.C3H7NOS/c2*1-4-3(5)6-2/h2*1-2H3,(H,4,5). The average Bonchev–Trinajstić information content (AvgIpc) is 2.16. The number of ether oxygens (including phenoxy) is 1. The highest BCUT2D eigenvalue weighted by Gasteiger charge is 1.85. The smallest absolute Gasteiger partial charge is 0.406 e. The summed E-state index contributed by atoms with van der Waals surface area (Å²) in [5.41, 5.74) is 0. The van der Waals surface area contributed by atoms with E-state index < -0.39 is 6.09 Å². The zero-order chi connectivity index (χ0) is 9.98. The molecule has 0 aliphatic heterocycles. The summed E-state index contributed by atoms with van der Waals surface area (Å²) < 4.78 is 4.15. The van der Waals surface area contributed by atoms with E-state index in [2.05, 4.69) is 15.4 Å². The number of carbonyl (C=O) groups excluding carboxylic acids is 2. The SMILES string of the molecule is CNC(=O)OC.CNC(=O)SC. The van der Waals surface area contributed by atoms with E-state index in [-0.39, 0.29) is 5.24 Å². The summed E-state index contributed by atoms with van der Waals surface area (Å²) >= 11 is 1.17. The van der Waals surface area contributed by atoms with Crippen LogP contribution in [0.4, 0.5) is 9.59 Å². The van der Waals surface area contributed by atoms with E-state index in [0.29, 0.717) is 0 Å². The Kier molecular flexibility index (Phi) is 11.5. The van der Waals surface area contributed by atoms with Crippen molar-refractivity contribution < 1.29 is 14.3 Å². The van der Waals surface area contributed by atoms with Gasteiger partial charge in [0.05, 0.1) is 7.11 Å². The van der Waals surface area contributed by atoms with Crippen molar-refractivity contribution in [1.82, 2.24) is 10.6 Å². The highest BCUT2D eigenvalue weighted by molar-refractivity contribution is 8.12. The van der Waals surface area contributed by atoms with E-state index in [4.69, 9.17) is 0 Å². The summed E-state index contributed by atoms with van der Waals surface area (Å²) in [4.78, 5) is 19.9. The van der Waals surface area contributed by atoms with Gasteiger partial charge >= 0.3 is 6.09 Å². The quantitative estimate of drug-likeness (QED) is 0.594. The Labute approximate surface area is 76.2 Å². The maximum Gasteiger partial charge on any atom is 0.406 e. The van der Waals surface area contributed by atoms with Gasteiger partial charge in [0, 0.05) is 14.1 Å². The van der Waals surface area contributed by atoms with E-state index in [1.807, 2.05) is 0 Å². The van der Waals surface area contributed by atoms with Gasteiger partial charge in [-0.1, -0.05) is 11.8 Å². The summed E-state index contributed by atoms with van der Waals surface area (Å²) in [5.74, 6) is 0. The molecular weight excluding hydrogens is 180 g/mol. The van der Waals surface area contributed by atoms with Crippen molar-refractivity contribution in [3.8, 4) is 0 Å². The van der Waals surface area contributed by atoms with Gasteiger partial charge in [0.25, 0.3) is 5.24 Å². The molecule has 0 aromatic heterocycles. The number of rotatable bonds is 0. The minimum atomic E-state index is -0.407. The van der Waals surface area contributed by atoms with Crippen molar-refractivity contribution >= 4 is 23.1 Å². The first kappa shape index (κ1) is 13.7. The molecule has 2 amide bonds. The summed E-state index contributed by atoms with van der Waals surface area (Å²) in [5, 5.41) is 4.70. The number of hydrogen-bond donors (Lipinski definition) is 2. The van der Waals surface area contributed by atoms with Gasteiger partial charge in [-0.25, -0.2) is 4.79 Å². The zero-order valence-electron chi connectivity index (χ0n) is 7.63. The fourth-order valence-electron chi connectivity index (χ4n) is 0.204. The fraction of sp³-hybridized carbons (Fsp3) is 0.667. The lowest BCUT2D eigenvalue weighted by atomic mass is 11.1. The molecule has 72 valence electrons. The van der Waals surface area contributed by atoms with E-state index >= 15 is 0 Å². The summed E-state index contributed by atoms with van der Waals surface area (Å²) in [6, 6.07) is 0. The second-order valence-electron chi connectivity index (χ2n) is 1.48. The predicted molar refractivity (Wildman–Crippen MR) is 49.4 cm³/mol. The molecule has 0 fully saturated rings. The molecule has 0 aliphatic carbocycles. The first-order valence-corrected chi connectivity index (χ1v) is 4.36. The van der Waals surface area contributed by atoms with Crippen molar-refractivity contribution in [3.05, 3.63) is 0 Å². The molecule has 0 aromatic rings. The zero-order valence-corrected chi connectivity index (χ0v) is 8.45. The molecule has 0 unspecified atom stereocenters. The lowest BCUT2D eigenvalue weighted by Crippen LogP contribution is -2.16. The molecule has 0 radical (unpaired) electrons. The van der Waals surface area contributed by atoms with Crippen LogP contribution in [0, 0.1) is 0 Å². The van der Waals surface area contributed by atoms with Crippen molar-refractivity contribution in [2.75, 3.05) is 27.5 Å². The van der Waals surface area contributed by atoms with Crippen LogP contribution in [0.25, 0.3) is 0 Å². The third-order valence-corrected chi connectivity index (χ3v) is 1.35. The Morgan fingerprint density at radius 3 is 1.75 bits per heavy atom. The van der Waals surface area contributed by atoms with Gasteiger partial charge in [-0.05, 0) is 6.26 Å². The van der Waals surface area contributed by atoms with Gasteiger partial charge < -0.3 is 15.4 Å². The number of amides is 2. The van der Waals surface area contributed by atoms with E-state index in [1.54, 1.807) is 13.3 Å². The first-order valence-electron chi connectivity index (χ1n) is 3.13. The maximum atomic E-state index is 10.0. The highest BCUT2D eigenvalue weighted by Crippen LogP contribution is 1.88. The molecule has 0 aromatic carbocycles. The van der Waals surface area contributed by atoms with Crippen molar-refractivity contribution in [1.29, 1.82) is 0 Å². The van der Waals surface area contributed by atoms with Crippen LogP contribution in [0.15, 0.2) is 0 Å². The van der Waals surface area contributed by atoms with Crippen molar-refractivity contribution in [2.24, 2.45) is 0 Å². The van der Waals surface area contributed by atoms with E-state index in [9.17, 15) is 9.59 Å². The molecule has 12 heavy (non-hydrogen) atoms. The molecule has 0 saturated heterocycles. The number of alkyl carbamates (subject to hydrolysis) is 1. The van der Waals surface area contributed by atoms with Gasteiger partial charge in [-0.3, -0.25) is 4.79 Å². The van der Waals surface area contributed by atoms with Crippen LogP contribution in [0.1, 0.15) is 0 Å². The van der Waals surface area contributed by atoms with Crippen LogP contribution >= 0.6 is 11.8 Å². The van der Waals surface area contributed by atoms with Gasteiger partial charge in [-0.2, -0.15) is 0 Å². The average molecular weight is 194 g/mol. The Balaban J connectivity index is 0. The predicted octanol–water partition coefficient (Wildman–Crippen LogP) is 0.661. The molecule has 0 rings (SSSR count). The monoisotopic (exact) mass is 194 g/mol. The minimum absolute atomic E-state index is 0.00926. The summed E-state index contributed by atoms with van der Waals surface area (Å²) in [6.07, 6.45) is 1.33. The Bertz CT molecular complexity index is 113. The second kappa shape index (κ2) is 10.1. The number of methoxy groups -OCH3 is 1. The fourth-order valence-corrected chi connectivity index (χ4v) is 0.408. The van der Waals surface area contributed by atoms with Crippen LogP contribution in [-0.2, 0) is 4.74 Å². The molecule has 0 heterocycles. The van der Waals surface area contributed by atoms with Crippen molar-refractivity contribution in [2.45, 2.75) is 0 Å². The minimum Gasteiger partial charge on any atom is -0.453 e. The molecule has 6 heteroatoms. The topological polar surface area (TPSA) is 67.4 Å². The molecular formula is C6H14N2O3S. The summed E-state index contributed by atoms with van der Waals surface area (Å²) in [6.45, 7) is 0. The van der Waals surface area contributed by atoms with E-state index in [1.165, 1.54) is 25.9 Å². The molecule has 0 aliphatic rings. The maximum absolute atomic E-state index is 10.0. The largest absolute Gasteiger partial charge is 0.453 e. The van der Waals surface area contributed by atoms with Crippen LogP contribution in [0.3, 0.4) is 0 Å². The second-order valence-corrected chi connectivity index (χ2v) is 2.26. The van der Waals surface area contributed by atoms with E-state index in [0.717, 1.165) is 0 Å². The number of thioether (sulfide) groups is 1. The molecule has 0 bridgehead atoms. The van der Waals surface area contributed by atoms with Crippen LogP contribution < -0.4 is 10.6 Å². The normalized spacial score (nSPS) is 7.33. The van der Waals surface area contributed by atoms with Crippen LogP contribution in [0.2, 0.25) is 0 Å². The highest BCUT2D eigenvalue weighted by atomic mass is 32.2. The third-order valence-electron chi connectivity index (χ3n) is 0.779. The van der Waals surface area contributed by atoms with Gasteiger partial charge in [0.15, 0.2) is 0 Å².